The van der Waals surface area contributed by atoms with Crippen LogP contribution in [0.25, 0.3) is 10.9 Å². The largest absolute Gasteiger partial charge is 0.367 e. The number of benzene rings is 1. The molecule has 2 N–H and O–H groups in total. The number of anilines is 3. The van der Waals surface area contributed by atoms with Crippen LogP contribution >= 0.6 is 0 Å². The van der Waals surface area contributed by atoms with Crippen molar-refractivity contribution in [3.63, 3.8) is 0 Å². The van der Waals surface area contributed by atoms with Gasteiger partial charge in [-0.25, -0.2) is 4.98 Å². The Hall–Kier alpha value is -2.69. The van der Waals surface area contributed by atoms with E-state index >= 15 is 0 Å². The zero-order valence-electron chi connectivity index (χ0n) is 12.0. The first kappa shape index (κ1) is 13.3. The van der Waals surface area contributed by atoms with Gasteiger partial charge in [-0.15, -0.1) is 0 Å². The first-order chi connectivity index (χ1) is 10.2. The number of aromatic nitrogens is 3. The van der Waals surface area contributed by atoms with Gasteiger partial charge in [0.2, 0.25) is 5.95 Å². The molecular formula is C16H17N5. The van der Waals surface area contributed by atoms with Crippen LogP contribution < -0.4 is 10.6 Å². The van der Waals surface area contributed by atoms with Gasteiger partial charge >= 0.3 is 0 Å². The number of fused-ring (bicyclic) bond motifs is 1. The van der Waals surface area contributed by atoms with E-state index in [2.05, 4.69) is 39.4 Å². The second-order valence-electron chi connectivity index (χ2n) is 5.08. The number of hydrogen-bond donors (Lipinski definition) is 2. The second kappa shape index (κ2) is 5.75. The van der Waals surface area contributed by atoms with Crippen molar-refractivity contribution in [3.05, 3.63) is 48.8 Å². The molecule has 2 heterocycles. The van der Waals surface area contributed by atoms with Crippen molar-refractivity contribution >= 4 is 28.4 Å². The Kier molecular flexibility index (Phi) is 3.64. The third-order valence-electron chi connectivity index (χ3n) is 2.95. The van der Waals surface area contributed by atoms with E-state index in [1.165, 1.54) is 0 Å². The molecule has 0 fully saturated rings. The summed E-state index contributed by atoms with van der Waals surface area (Å²) in [6.07, 6.45) is 3.48. The second-order valence-corrected chi connectivity index (χ2v) is 5.08. The van der Waals surface area contributed by atoms with Crippen LogP contribution in [0, 0.1) is 0 Å². The fourth-order valence-corrected chi connectivity index (χ4v) is 2.08. The highest BCUT2D eigenvalue weighted by molar-refractivity contribution is 5.90. The molecule has 2 aromatic heterocycles. The summed E-state index contributed by atoms with van der Waals surface area (Å²) in [7, 11) is 0. The minimum absolute atomic E-state index is 0.301. The molecular weight excluding hydrogens is 262 g/mol. The molecule has 0 aliphatic rings. The average molecular weight is 279 g/mol. The molecule has 0 saturated heterocycles. The van der Waals surface area contributed by atoms with Gasteiger partial charge in [-0.3, -0.25) is 4.98 Å². The Balaban J connectivity index is 2.03. The number of para-hydroxylation sites is 1. The van der Waals surface area contributed by atoms with E-state index in [1.54, 1.807) is 12.4 Å². The lowest BCUT2D eigenvalue weighted by atomic mass is 10.2. The van der Waals surface area contributed by atoms with E-state index in [0.29, 0.717) is 12.0 Å². The highest BCUT2D eigenvalue weighted by atomic mass is 15.1. The maximum atomic E-state index is 4.58. The summed E-state index contributed by atoms with van der Waals surface area (Å²) in [6, 6.07) is 12.1. The summed E-state index contributed by atoms with van der Waals surface area (Å²) < 4.78 is 0. The van der Waals surface area contributed by atoms with Crippen molar-refractivity contribution < 1.29 is 0 Å². The molecule has 3 rings (SSSR count). The molecule has 0 atom stereocenters. The van der Waals surface area contributed by atoms with Crippen molar-refractivity contribution in [2.45, 2.75) is 19.9 Å². The van der Waals surface area contributed by atoms with Crippen molar-refractivity contribution in [3.8, 4) is 0 Å². The number of pyridine rings is 1. The number of nitrogens with one attached hydrogen (secondary N) is 2. The summed E-state index contributed by atoms with van der Waals surface area (Å²) in [4.78, 5) is 13.2. The van der Waals surface area contributed by atoms with Gasteiger partial charge in [-0.1, -0.05) is 12.1 Å². The summed E-state index contributed by atoms with van der Waals surface area (Å²) >= 11 is 0. The molecule has 5 heteroatoms. The lowest BCUT2D eigenvalue weighted by Gasteiger charge is -2.13. The summed E-state index contributed by atoms with van der Waals surface area (Å²) in [5, 5.41) is 7.57. The first-order valence-electron chi connectivity index (χ1n) is 6.93. The minimum Gasteiger partial charge on any atom is -0.367 e. The van der Waals surface area contributed by atoms with E-state index in [-0.39, 0.29) is 0 Å². The van der Waals surface area contributed by atoms with Gasteiger partial charge in [0.05, 0.1) is 17.4 Å². The molecule has 0 radical (unpaired) electrons. The molecule has 0 aliphatic heterocycles. The number of rotatable bonds is 4. The van der Waals surface area contributed by atoms with Gasteiger partial charge in [-0.2, -0.15) is 4.98 Å². The highest BCUT2D eigenvalue weighted by Crippen LogP contribution is 2.23. The maximum absolute atomic E-state index is 4.58. The molecule has 5 nitrogen and oxygen atoms in total. The van der Waals surface area contributed by atoms with Crippen LogP contribution in [0.5, 0.6) is 0 Å². The molecule has 1 aromatic carbocycles. The minimum atomic E-state index is 0.301. The normalized spacial score (nSPS) is 10.8. The van der Waals surface area contributed by atoms with Crippen LogP contribution in [-0.4, -0.2) is 21.0 Å². The van der Waals surface area contributed by atoms with Gasteiger partial charge < -0.3 is 10.6 Å². The molecule has 0 aliphatic carbocycles. The zero-order valence-corrected chi connectivity index (χ0v) is 12.0. The Bertz CT molecular complexity index is 740. The quantitative estimate of drug-likeness (QED) is 0.764. The van der Waals surface area contributed by atoms with Gasteiger partial charge in [0.15, 0.2) is 0 Å². The van der Waals surface area contributed by atoms with Gasteiger partial charge in [0, 0.05) is 17.6 Å². The van der Waals surface area contributed by atoms with Crippen molar-refractivity contribution in [1.29, 1.82) is 0 Å². The average Bonchev–Trinajstić information content (AvgIpc) is 2.48. The Labute approximate surface area is 123 Å². The summed E-state index contributed by atoms with van der Waals surface area (Å²) in [5.74, 6) is 1.40. The van der Waals surface area contributed by atoms with Crippen LogP contribution in [0.4, 0.5) is 17.5 Å². The Morgan fingerprint density at radius 3 is 2.62 bits per heavy atom. The van der Waals surface area contributed by atoms with E-state index in [9.17, 15) is 0 Å². The predicted molar refractivity (Wildman–Crippen MR) is 85.8 cm³/mol. The summed E-state index contributed by atoms with van der Waals surface area (Å²) in [5.41, 5.74) is 1.77. The Morgan fingerprint density at radius 1 is 1.00 bits per heavy atom. The topological polar surface area (TPSA) is 62.7 Å². The Morgan fingerprint density at radius 2 is 1.86 bits per heavy atom. The van der Waals surface area contributed by atoms with E-state index in [0.717, 1.165) is 22.4 Å². The molecule has 3 aromatic rings. The van der Waals surface area contributed by atoms with E-state index in [1.807, 2.05) is 36.4 Å². The van der Waals surface area contributed by atoms with Crippen LogP contribution in [-0.2, 0) is 0 Å². The molecule has 0 unspecified atom stereocenters. The fourth-order valence-electron chi connectivity index (χ4n) is 2.08. The van der Waals surface area contributed by atoms with Crippen LogP contribution in [0.2, 0.25) is 0 Å². The van der Waals surface area contributed by atoms with Crippen LogP contribution in [0.1, 0.15) is 13.8 Å². The zero-order chi connectivity index (χ0) is 14.7. The van der Waals surface area contributed by atoms with Crippen LogP contribution in [0.3, 0.4) is 0 Å². The fraction of sp³-hybridized carbons (Fsp3) is 0.188. The van der Waals surface area contributed by atoms with Crippen LogP contribution in [0.15, 0.2) is 48.8 Å². The number of hydrogen-bond acceptors (Lipinski definition) is 5. The predicted octanol–water partition coefficient (Wildman–Crippen LogP) is 3.59. The first-order valence-corrected chi connectivity index (χ1v) is 6.93. The lowest BCUT2D eigenvalue weighted by molar-refractivity contribution is 0.891. The SMILES string of the molecule is CC(C)Nc1nc(Nc2cccnc2)nc2ccccc12. The van der Waals surface area contributed by atoms with Gasteiger partial charge in [0.1, 0.15) is 5.82 Å². The third kappa shape index (κ3) is 3.08. The summed E-state index contributed by atoms with van der Waals surface area (Å²) in [6.45, 7) is 4.18. The number of nitrogens with zero attached hydrogens (tertiary/aromatic N) is 3. The molecule has 106 valence electrons. The highest BCUT2D eigenvalue weighted by Gasteiger charge is 2.08. The maximum Gasteiger partial charge on any atom is 0.229 e. The molecule has 0 spiro atoms. The molecule has 0 saturated carbocycles. The molecule has 21 heavy (non-hydrogen) atoms. The van der Waals surface area contributed by atoms with Crippen molar-refractivity contribution in [1.82, 2.24) is 15.0 Å². The third-order valence-corrected chi connectivity index (χ3v) is 2.95. The molecule has 0 bridgehead atoms. The lowest BCUT2D eigenvalue weighted by Crippen LogP contribution is -2.12. The standard InChI is InChI=1S/C16H17N5/c1-11(2)18-15-13-7-3-4-8-14(13)20-16(21-15)19-12-6-5-9-17-10-12/h3-11H,1-2H3,(H2,18,19,20,21). The van der Waals surface area contributed by atoms with Crippen molar-refractivity contribution in [2.24, 2.45) is 0 Å². The molecule has 0 amide bonds. The van der Waals surface area contributed by atoms with E-state index in [4.69, 9.17) is 0 Å². The van der Waals surface area contributed by atoms with Crippen molar-refractivity contribution in [2.75, 3.05) is 10.6 Å². The smallest absolute Gasteiger partial charge is 0.229 e. The van der Waals surface area contributed by atoms with E-state index < -0.39 is 0 Å². The van der Waals surface area contributed by atoms with Gasteiger partial charge in [-0.05, 0) is 38.1 Å². The van der Waals surface area contributed by atoms with Gasteiger partial charge in [0.25, 0.3) is 0 Å². The monoisotopic (exact) mass is 279 g/mol.